The monoisotopic (exact) mass is 434 g/mol. The van der Waals surface area contributed by atoms with Crippen LogP contribution in [0.4, 0.5) is 29.2 Å². The molecule has 31 heavy (non-hydrogen) atoms. The lowest BCUT2D eigenvalue weighted by molar-refractivity contribution is 1.04. The molecule has 0 bridgehead atoms. The molecule has 0 amide bonds. The summed E-state index contributed by atoms with van der Waals surface area (Å²) in [6, 6.07) is 15.4. The second-order valence-corrected chi connectivity index (χ2v) is 7.51. The molecule has 0 aliphatic carbocycles. The number of anilines is 5. The van der Waals surface area contributed by atoms with Gasteiger partial charge in [0.1, 0.15) is 0 Å². The molecule has 0 unspecified atom stereocenters. The van der Waals surface area contributed by atoms with Crippen molar-refractivity contribution in [1.82, 2.24) is 15.0 Å². The fourth-order valence-electron chi connectivity index (χ4n) is 2.76. The van der Waals surface area contributed by atoms with E-state index in [4.69, 9.17) is 11.6 Å². The molecule has 7 heteroatoms. The van der Waals surface area contributed by atoms with Crippen molar-refractivity contribution < 1.29 is 0 Å². The zero-order valence-corrected chi connectivity index (χ0v) is 18.7. The fourth-order valence-corrected chi connectivity index (χ4v) is 2.88. The van der Waals surface area contributed by atoms with Crippen molar-refractivity contribution in [3.8, 4) is 0 Å². The molecule has 0 spiro atoms. The van der Waals surface area contributed by atoms with Gasteiger partial charge in [0.05, 0.1) is 0 Å². The summed E-state index contributed by atoms with van der Waals surface area (Å²) in [7, 11) is 0. The highest BCUT2D eigenvalue weighted by atomic mass is 35.5. The molecule has 0 atom stereocenters. The molecule has 160 valence electrons. The Morgan fingerprint density at radius 2 is 1.61 bits per heavy atom. The van der Waals surface area contributed by atoms with Crippen molar-refractivity contribution in [3.63, 3.8) is 0 Å². The molecule has 0 radical (unpaired) electrons. The van der Waals surface area contributed by atoms with Gasteiger partial charge < -0.3 is 16.0 Å². The van der Waals surface area contributed by atoms with E-state index in [1.165, 1.54) is 5.57 Å². The maximum atomic E-state index is 5.98. The van der Waals surface area contributed by atoms with Crippen LogP contribution in [0.3, 0.4) is 0 Å². The van der Waals surface area contributed by atoms with Crippen LogP contribution in [0.5, 0.6) is 0 Å². The van der Waals surface area contributed by atoms with Crippen molar-refractivity contribution in [3.05, 3.63) is 82.9 Å². The standard InChI is InChI=1S/C24H27ClN6/c1-4-5-7-17(2)14-15-26-22-29-23(27-20-12-10-19(25)11-13-20)31-24(30-22)28-21-9-6-8-18(3)16-21/h5-14,16H,4,15H2,1-3H3,(H3,26,27,28,29,30,31). The van der Waals surface area contributed by atoms with E-state index < -0.39 is 0 Å². The van der Waals surface area contributed by atoms with Gasteiger partial charge in [0, 0.05) is 22.9 Å². The van der Waals surface area contributed by atoms with Gasteiger partial charge in [-0.05, 0) is 62.2 Å². The van der Waals surface area contributed by atoms with Gasteiger partial charge in [-0.3, -0.25) is 0 Å². The molecule has 3 aromatic rings. The number of rotatable bonds is 9. The number of hydrogen-bond donors (Lipinski definition) is 3. The van der Waals surface area contributed by atoms with Crippen LogP contribution in [0.15, 0.2) is 72.3 Å². The molecular weight excluding hydrogens is 408 g/mol. The molecular formula is C24H27ClN6. The number of nitrogens with one attached hydrogen (secondary N) is 3. The van der Waals surface area contributed by atoms with Crippen LogP contribution in [0.2, 0.25) is 5.02 Å². The van der Waals surface area contributed by atoms with E-state index in [2.05, 4.69) is 63.0 Å². The number of aryl methyl sites for hydroxylation is 1. The van der Waals surface area contributed by atoms with Crippen LogP contribution in [-0.4, -0.2) is 21.5 Å². The van der Waals surface area contributed by atoms with E-state index in [1.54, 1.807) is 0 Å². The number of benzene rings is 2. The van der Waals surface area contributed by atoms with Gasteiger partial charge in [-0.15, -0.1) is 0 Å². The second-order valence-electron chi connectivity index (χ2n) is 7.07. The maximum absolute atomic E-state index is 5.98. The summed E-state index contributed by atoms with van der Waals surface area (Å²) >= 11 is 5.98. The highest BCUT2D eigenvalue weighted by Gasteiger charge is 2.08. The quantitative estimate of drug-likeness (QED) is 0.327. The zero-order chi connectivity index (χ0) is 22.1. The van der Waals surface area contributed by atoms with Crippen LogP contribution in [-0.2, 0) is 0 Å². The number of allylic oxidation sites excluding steroid dienone is 3. The molecule has 1 aromatic heterocycles. The highest BCUT2D eigenvalue weighted by molar-refractivity contribution is 6.30. The van der Waals surface area contributed by atoms with Crippen molar-refractivity contribution in [1.29, 1.82) is 0 Å². The van der Waals surface area contributed by atoms with E-state index in [9.17, 15) is 0 Å². The van der Waals surface area contributed by atoms with E-state index >= 15 is 0 Å². The number of halogens is 1. The first-order valence-corrected chi connectivity index (χ1v) is 10.6. The summed E-state index contributed by atoms with van der Waals surface area (Å²) < 4.78 is 0. The van der Waals surface area contributed by atoms with Crippen molar-refractivity contribution >= 4 is 40.8 Å². The van der Waals surface area contributed by atoms with Crippen LogP contribution in [0, 0.1) is 6.92 Å². The molecule has 3 N–H and O–H groups in total. The van der Waals surface area contributed by atoms with Gasteiger partial charge in [-0.1, -0.05) is 54.5 Å². The summed E-state index contributed by atoms with van der Waals surface area (Å²) in [6.07, 6.45) is 7.34. The third-order valence-corrected chi connectivity index (χ3v) is 4.56. The molecule has 0 fully saturated rings. The molecule has 0 saturated heterocycles. The maximum Gasteiger partial charge on any atom is 0.233 e. The zero-order valence-electron chi connectivity index (χ0n) is 18.0. The summed E-state index contributed by atoms with van der Waals surface area (Å²) in [6.45, 7) is 6.83. The average Bonchev–Trinajstić information content (AvgIpc) is 2.74. The number of aromatic nitrogens is 3. The Balaban J connectivity index is 1.82. The van der Waals surface area contributed by atoms with Gasteiger partial charge in [0.15, 0.2) is 0 Å². The Kier molecular flexibility index (Phi) is 8.01. The Bertz CT molecular complexity index is 1060. The van der Waals surface area contributed by atoms with Crippen molar-refractivity contribution in [2.45, 2.75) is 27.2 Å². The van der Waals surface area contributed by atoms with Crippen LogP contribution in [0.25, 0.3) is 0 Å². The third kappa shape index (κ3) is 7.42. The Labute approximate surface area is 188 Å². The van der Waals surface area contributed by atoms with Crippen molar-refractivity contribution in [2.75, 3.05) is 22.5 Å². The minimum absolute atomic E-state index is 0.432. The molecule has 3 rings (SSSR count). The Morgan fingerprint density at radius 1 is 0.935 bits per heavy atom. The molecule has 0 aliphatic rings. The highest BCUT2D eigenvalue weighted by Crippen LogP contribution is 2.20. The average molecular weight is 435 g/mol. The summed E-state index contributed by atoms with van der Waals surface area (Å²) in [5.41, 5.74) is 4.08. The molecule has 0 saturated carbocycles. The Hall–Kier alpha value is -3.38. The fraction of sp³-hybridized carbons (Fsp3) is 0.208. The molecule has 1 heterocycles. The van der Waals surface area contributed by atoms with Gasteiger partial charge in [-0.2, -0.15) is 15.0 Å². The topological polar surface area (TPSA) is 74.8 Å². The number of nitrogens with zero attached hydrogens (tertiary/aromatic N) is 3. The van der Waals surface area contributed by atoms with Crippen LogP contribution >= 0.6 is 11.6 Å². The molecule has 2 aromatic carbocycles. The molecule has 6 nitrogen and oxygen atoms in total. The van der Waals surface area contributed by atoms with Gasteiger partial charge >= 0.3 is 0 Å². The summed E-state index contributed by atoms with van der Waals surface area (Å²) in [4.78, 5) is 13.5. The lowest BCUT2D eigenvalue weighted by Gasteiger charge is -2.11. The third-order valence-electron chi connectivity index (χ3n) is 4.31. The predicted molar refractivity (Wildman–Crippen MR) is 131 cm³/mol. The predicted octanol–water partition coefficient (Wildman–Crippen LogP) is 6.65. The largest absolute Gasteiger partial charge is 0.351 e. The minimum atomic E-state index is 0.432. The van der Waals surface area contributed by atoms with E-state index in [1.807, 2.05) is 55.5 Å². The smallest absolute Gasteiger partial charge is 0.233 e. The van der Waals surface area contributed by atoms with Crippen molar-refractivity contribution in [2.24, 2.45) is 0 Å². The SMILES string of the molecule is CCC=CC(C)=CCNc1nc(Nc2ccc(Cl)cc2)nc(Nc2cccc(C)c2)n1. The first-order valence-electron chi connectivity index (χ1n) is 10.2. The Morgan fingerprint density at radius 3 is 2.29 bits per heavy atom. The summed E-state index contributed by atoms with van der Waals surface area (Å²) in [5.74, 6) is 1.36. The normalized spacial score (nSPS) is 11.5. The van der Waals surface area contributed by atoms with E-state index in [0.717, 1.165) is 23.4 Å². The van der Waals surface area contributed by atoms with E-state index in [0.29, 0.717) is 29.4 Å². The molecule has 0 aliphatic heterocycles. The second kappa shape index (κ2) is 11.1. The van der Waals surface area contributed by atoms with Gasteiger partial charge in [0.25, 0.3) is 0 Å². The van der Waals surface area contributed by atoms with E-state index in [-0.39, 0.29) is 0 Å². The lowest BCUT2D eigenvalue weighted by atomic mass is 10.2. The first-order chi connectivity index (χ1) is 15.0. The van der Waals surface area contributed by atoms with Crippen LogP contribution in [0.1, 0.15) is 25.8 Å². The minimum Gasteiger partial charge on any atom is -0.351 e. The first kappa shape index (κ1) is 22.3. The van der Waals surface area contributed by atoms with Gasteiger partial charge in [0.2, 0.25) is 17.8 Å². The summed E-state index contributed by atoms with van der Waals surface area (Å²) in [5, 5.41) is 10.4. The van der Waals surface area contributed by atoms with Gasteiger partial charge in [-0.25, -0.2) is 0 Å². The van der Waals surface area contributed by atoms with Crippen LogP contribution < -0.4 is 16.0 Å². The number of hydrogen-bond acceptors (Lipinski definition) is 6. The lowest BCUT2D eigenvalue weighted by Crippen LogP contribution is -2.10.